The lowest BCUT2D eigenvalue weighted by molar-refractivity contribution is 0.206. The van der Waals surface area contributed by atoms with Crippen molar-refractivity contribution >= 4 is 0 Å². The van der Waals surface area contributed by atoms with Crippen LogP contribution in [0.3, 0.4) is 0 Å². The molecule has 1 saturated carbocycles. The number of furan rings is 1. The first-order valence-corrected chi connectivity index (χ1v) is 6.93. The van der Waals surface area contributed by atoms with Crippen LogP contribution in [0.5, 0.6) is 11.7 Å². The maximum Gasteiger partial charge on any atom is 0.290 e. The molecule has 0 spiro atoms. The second-order valence-electron chi connectivity index (χ2n) is 5.40. The first-order valence-electron chi connectivity index (χ1n) is 6.93. The van der Waals surface area contributed by atoms with E-state index in [2.05, 4.69) is 5.32 Å². The van der Waals surface area contributed by atoms with E-state index < -0.39 is 0 Å². The summed E-state index contributed by atoms with van der Waals surface area (Å²) in [7, 11) is 0. The quantitative estimate of drug-likeness (QED) is 0.814. The molecule has 4 nitrogen and oxygen atoms in total. The zero-order valence-corrected chi connectivity index (χ0v) is 11.3. The molecule has 1 fully saturated rings. The van der Waals surface area contributed by atoms with Gasteiger partial charge in [0.25, 0.3) is 5.95 Å². The summed E-state index contributed by atoms with van der Waals surface area (Å²) < 4.78 is 11.2. The van der Waals surface area contributed by atoms with Gasteiger partial charge in [0.1, 0.15) is 11.5 Å². The molecule has 2 aromatic rings. The van der Waals surface area contributed by atoms with Crippen LogP contribution in [0.1, 0.15) is 18.6 Å². The van der Waals surface area contributed by atoms with Gasteiger partial charge in [-0.25, -0.2) is 0 Å². The Balaban J connectivity index is 1.49. The van der Waals surface area contributed by atoms with Gasteiger partial charge >= 0.3 is 0 Å². The van der Waals surface area contributed by atoms with E-state index in [4.69, 9.17) is 9.15 Å². The Hall–Kier alpha value is -1.78. The number of hydrogen-bond donors (Lipinski definition) is 2. The Morgan fingerprint density at radius 1 is 1.15 bits per heavy atom. The smallest absolute Gasteiger partial charge is 0.290 e. The lowest BCUT2D eigenvalue weighted by atomic mass is 10.1. The van der Waals surface area contributed by atoms with E-state index in [1.807, 2.05) is 42.5 Å². The summed E-state index contributed by atoms with van der Waals surface area (Å²) in [6.45, 7) is 1.75. The fourth-order valence-corrected chi connectivity index (χ4v) is 2.13. The van der Waals surface area contributed by atoms with Crippen molar-refractivity contribution in [3.05, 3.63) is 48.2 Å². The Morgan fingerprint density at radius 3 is 2.65 bits per heavy atom. The molecule has 1 aromatic heterocycles. The van der Waals surface area contributed by atoms with Crippen molar-refractivity contribution in [3.63, 3.8) is 0 Å². The molecule has 106 valence electrons. The highest BCUT2D eigenvalue weighted by Crippen LogP contribution is 2.44. The van der Waals surface area contributed by atoms with Crippen LogP contribution < -0.4 is 10.1 Å². The summed E-state index contributed by atoms with van der Waals surface area (Å²) in [5.41, 5.74) is 0.121. The molecule has 0 bridgehead atoms. The molecule has 0 amide bonds. The Kier molecular flexibility index (Phi) is 3.76. The van der Waals surface area contributed by atoms with Crippen LogP contribution in [-0.2, 0) is 6.54 Å². The van der Waals surface area contributed by atoms with Gasteiger partial charge in [0, 0.05) is 24.6 Å². The Labute approximate surface area is 118 Å². The van der Waals surface area contributed by atoms with Crippen LogP contribution in [0, 0.1) is 5.41 Å². The summed E-state index contributed by atoms with van der Waals surface area (Å²) in [5, 5.41) is 12.6. The van der Waals surface area contributed by atoms with E-state index in [1.165, 1.54) is 0 Å². The number of aliphatic hydroxyl groups is 1. The molecule has 1 heterocycles. The van der Waals surface area contributed by atoms with E-state index >= 15 is 0 Å². The summed E-state index contributed by atoms with van der Waals surface area (Å²) in [6, 6.07) is 13.3. The molecule has 0 saturated heterocycles. The molecule has 2 N–H and O–H groups in total. The molecule has 0 aliphatic heterocycles. The maximum atomic E-state index is 9.24. The lowest BCUT2D eigenvalue weighted by Gasteiger charge is -2.11. The minimum atomic E-state index is 0.121. The molecule has 0 atom stereocenters. The van der Waals surface area contributed by atoms with Gasteiger partial charge in [-0.2, -0.15) is 0 Å². The van der Waals surface area contributed by atoms with Crippen molar-refractivity contribution in [2.45, 2.75) is 19.4 Å². The Morgan fingerprint density at radius 2 is 1.95 bits per heavy atom. The van der Waals surface area contributed by atoms with Gasteiger partial charge in [0.05, 0.1) is 6.54 Å². The number of ether oxygens (including phenoxy) is 1. The molecule has 20 heavy (non-hydrogen) atoms. The summed E-state index contributed by atoms with van der Waals surface area (Å²) >= 11 is 0. The third-order valence-corrected chi connectivity index (χ3v) is 3.69. The standard InChI is InChI=1S/C16H19NO3/c18-12-16(8-9-16)11-17-10-14-6-7-15(20-14)19-13-4-2-1-3-5-13/h1-7,17-18H,8-12H2. The highest BCUT2D eigenvalue weighted by Gasteiger charge is 2.41. The SMILES string of the molecule is OCC1(CNCc2ccc(Oc3ccccc3)o2)CC1. The first-order chi connectivity index (χ1) is 9.80. The van der Waals surface area contributed by atoms with Crippen molar-refractivity contribution in [3.8, 4) is 11.7 Å². The van der Waals surface area contributed by atoms with Gasteiger partial charge in [-0.3, -0.25) is 0 Å². The van der Waals surface area contributed by atoms with Crippen LogP contribution in [0.2, 0.25) is 0 Å². The molecule has 3 rings (SSSR count). The number of aliphatic hydroxyl groups excluding tert-OH is 1. The number of nitrogens with one attached hydrogen (secondary N) is 1. The third-order valence-electron chi connectivity index (χ3n) is 3.69. The van der Waals surface area contributed by atoms with Crippen LogP contribution in [0.25, 0.3) is 0 Å². The second kappa shape index (κ2) is 5.69. The lowest BCUT2D eigenvalue weighted by Crippen LogP contribution is -2.25. The third kappa shape index (κ3) is 3.21. The monoisotopic (exact) mass is 273 g/mol. The number of rotatable bonds is 7. The molecule has 1 aliphatic carbocycles. The first kappa shape index (κ1) is 13.2. The predicted octanol–water partition coefficient (Wildman–Crippen LogP) is 2.93. The molecule has 1 aromatic carbocycles. The van der Waals surface area contributed by atoms with E-state index in [9.17, 15) is 5.11 Å². The van der Waals surface area contributed by atoms with E-state index in [-0.39, 0.29) is 12.0 Å². The van der Waals surface area contributed by atoms with Crippen molar-refractivity contribution in [2.75, 3.05) is 13.2 Å². The largest absolute Gasteiger partial charge is 0.429 e. The van der Waals surface area contributed by atoms with Crippen LogP contribution in [-0.4, -0.2) is 18.3 Å². The average Bonchev–Trinajstić information content (AvgIpc) is 3.13. The van der Waals surface area contributed by atoms with Gasteiger partial charge in [-0.05, 0) is 31.0 Å². The summed E-state index contributed by atoms with van der Waals surface area (Å²) in [6.07, 6.45) is 2.22. The summed E-state index contributed by atoms with van der Waals surface area (Å²) in [5.74, 6) is 2.10. The molecule has 4 heteroatoms. The highest BCUT2D eigenvalue weighted by molar-refractivity contribution is 5.26. The molecule has 0 radical (unpaired) electrons. The van der Waals surface area contributed by atoms with Gasteiger partial charge in [0.2, 0.25) is 0 Å². The van der Waals surface area contributed by atoms with Crippen LogP contribution >= 0.6 is 0 Å². The van der Waals surface area contributed by atoms with Gasteiger partial charge in [-0.15, -0.1) is 0 Å². The topological polar surface area (TPSA) is 54.6 Å². The van der Waals surface area contributed by atoms with Crippen molar-refractivity contribution in [2.24, 2.45) is 5.41 Å². The van der Waals surface area contributed by atoms with Gasteiger partial charge in [0.15, 0.2) is 0 Å². The van der Waals surface area contributed by atoms with Crippen LogP contribution in [0.4, 0.5) is 0 Å². The number of hydrogen-bond acceptors (Lipinski definition) is 4. The van der Waals surface area contributed by atoms with Gasteiger partial charge < -0.3 is 19.6 Å². The van der Waals surface area contributed by atoms with Crippen molar-refractivity contribution in [1.29, 1.82) is 0 Å². The summed E-state index contributed by atoms with van der Waals surface area (Å²) in [4.78, 5) is 0. The van der Waals surface area contributed by atoms with Crippen molar-refractivity contribution in [1.82, 2.24) is 5.32 Å². The molecule has 1 aliphatic rings. The molecule has 0 unspecified atom stereocenters. The van der Waals surface area contributed by atoms with Gasteiger partial charge in [-0.1, -0.05) is 18.2 Å². The highest BCUT2D eigenvalue weighted by atomic mass is 16.6. The molecular formula is C16H19NO3. The van der Waals surface area contributed by atoms with E-state index in [0.717, 1.165) is 30.9 Å². The zero-order chi connectivity index (χ0) is 13.8. The number of benzene rings is 1. The fraction of sp³-hybridized carbons (Fsp3) is 0.375. The van der Waals surface area contributed by atoms with E-state index in [0.29, 0.717) is 12.5 Å². The zero-order valence-electron chi connectivity index (χ0n) is 11.3. The fourth-order valence-electron chi connectivity index (χ4n) is 2.13. The minimum absolute atomic E-state index is 0.121. The van der Waals surface area contributed by atoms with Crippen LogP contribution in [0.15, 0.2) is 46.9 Å². The molecular weight excluding hydrogens is 254 g/mol. The van der Waals surface area contributed by atoms with Crippen molar-refractivity contribution < 1.29 is 14.3 Å². The normalized spacial score (nSPS) is 16.1. The average molecular weight is 273 g/mol. The number of para-hydroxylation sites is 1. The Bertz CT molecular complexity index is 546. The maximum absolute atomic E-state index is 9.24. The van der Waals surface area contributed by atoms with E-state index in [1.54, 1.807) is 0 Å². The minimum Gasteiger partial charge on any atom is -0.429 e. The second-order valence-corrected chi connectivity index (χ2v) is 5.40. The predicted molar refractivity (Wildman–Crippen MR) is 75.7 cm³/mol.